The van der Waals surface area contributed by atoms with Crippen molar-refractivity contribution in [3.8, 4) is 0 Å². The van der Waals surface area contributed by atoms with Crippen LogP contribution in [0.3, 0.4) is 0 Å². The second-order valence-corrected chi connectivity index (χ2v) is 6.94. The first-order chi connectivity index (χ1) is 9.77. The Kier molecular flexibility index (Phi) is 4.56. The maximum atomic E-state index is 11.4. The number of benzene rings is 2. The summed E-state index contributed by atoms with van der Waals surface area (Å²) < 4.78 is 22.7. The molecule has 2 aromatic rings. The first kappa shape index (κ1) is 15.8. The number of halogens is 1. The van der Waals surface area contributed by atoms with E-state index in [9.17, 15) is 8.42 Å². The van der Waals surface area contributed by atoms with Crippen molar-refractivity contribution in [2.75, 3.05) is 5.32 Å². The van der Waals surface area contributed by atoms with Gasteiger partial charge in [-0.15, -0.1) is 0 Å². The summed E-state index contributed by atoms with van der Waals surface area (Å²) in [4.78, 5) is 0.0371. The van der Waals surface area contributed by atoms with Gasteiger partial charge >= 0.3 is 0 Å². The van der Waals surface area contributed by atoms with Gasteiger partial charge in [-0.3, -0.25) is 0 Å². The Morgan fingerprint density at radius 1 is 1.14 bits per heavy atom. The van der Waals surface area contributed by atoms with Gasteiger partial charge in [-0.2, -0.15) is 0 Å². The Bertz CT molecular complexity index is 773. The largest absolute Gasteiger partial charge is 0.380 e. The fraction of sp³-hybridized carbons (Fsp3) is 0.200. The molecule has 0 aromatic heterocycles. The van der Waals surface area contributed by atoms with Crippen molar-refractivity contribution >= 4 is 27.3 Å². The van der Waals surface area contributed by atoms with Crippen molar-refractivity contribution in [1.29, 1.82) is 0 Å². The molecule has 21 heavy (non-hydrogen) atoms. The van der Waals surface area contributed by atoms with Crippen LogP contribution in [0.15, 0.2) is 41.3 Å². The van der Waals surface area contributed by atoms with E-state index < -0.39 is 10.0 Å². The predicted molar refractivity (Wildman–Crippen MR) is 86.1 cm³/mol. The Labute approximate surface area is 130 Å². The molecule has 2 rings (SSSR count). The van der Waals surface area contributed by atoms with Gasteiger partial charge in [0, 0.05) is 6.54 Å². The number of sulfonamides is 1. The van der Waals surface area contributed by atoms with E-state index in [1.165, 1.54) is 29.3 Å². The van der Waals surface area contributed by atoms with Crippen LogP contribution in [0, 0.1) is 13.8 Å². The third kappa shape index (κ3) is 3.97. The van der Waals surface area contributed by atoms with Gasteiger partial charge in [-0.05, 0) is 43.2 Å². The van der Waals surface area contributed by atoms with Crippen LogP contribution in [-0.4, -0.2) is 8.42 Å². The van der Waals surface area contributed by atoms with Crippen LogP contribution in [0.2, 0.25) is 5.02 Å². The molecule has 0 heterocycles. The maximum Gasteiger partial charge on any atom is 0.238 e. The van der Waals surface area contributed by atoms with Crippen LogP contribution < -0.4 is 10.5 Å². The molecule has 0 amide bonds. The zero-order valence-corrected chi connectivity index (χ0v) is 13.4. The van der Waals surface area contributed by atoms with Gasteiger partial charge in [0.05, 0.1) is 15.6 Å². The number of hydrogen-bond acceptors (Lipinski definition) is 3. The van der Waals surface area contributed by atoms with Gasteiger partial charge < -0.3 is 5.32 Å². The number of anilines is 1. The molecule has 0 spiro atoms. The van der Waals surface area contributed by atoms with Gasteiger partial charge in [0.15, 0.2) is 0 Å². The van der Waals surface area contributed by atoms with Crippen molar-refractivity contribution in [2.24, 2.45) is 5.14 Å². The molecule has 6 heteroatoms. The molecule has 0 fully saturated rings. The summed E-state index contributed by atoms with van der Waals surface area (Å²) in [6.45, 7) is 4.63. The van der Waals surface area contributed by atoms with Crippen molar-refractivity contribution in [3.05, 3.63) is 58.1 Å². The smallest absolute Gasteiger partial charge is 0.238 e. The standard InChI is InChI=1S/C15H17ClN2O2S/c1-10-3-4-12(11(2)7-10)9-18-15-8-13(21(17,19)20)5-6-14(15)16/h3-8,18H,9H2,1-2H3,(H2,17,19,20). The molecule has 0 saturated carbocycles. The van der Waals surface area contributed by atoms with Crippen LogP contribution in [0.1, 0.15) is 16.7 Å². The molecule has 0 atom stereocenters. The van der Waals surface area contributed by atoms with Gasteiger partial charge in [-0.25, -0.2) is 13.6 Å². The van der Waals surface area contributed by atoms with Crippen LogP contribution in [0.4, 0.5) is 5.69 Å². The normalized spacial score (nSPS) is 11.4. The fourth-order valence-electron chi connectivity index (χ4n) is 2.05. The Morgan fingerprint density at radius 2 is 1.86 bits per heavy atom. The molecule has 0 aliphatic carbocycles. The van der Waals surface area contributed by atoms with Gasteiger partial charge in [0.1, 0.15) is 0 Å². The lowest BCUT2D eigenvalue weighted by molar-refractivity contribution is 0.598. The molecule has 3 N–H and O–H groups in total. The lowest BCUT2D eigenvalue weighted by Gasteiger charge is -2.12. The third-order valence-corrected chi connectivity index (χ3v) is 4.47. The highest BCUT2D eigenvalue weighted by molar-refractivity contribution is 7.89. The number of nitrogens with one attached hydrogen (secondary N) is 1. The van der Waals surface area contributed by atoms with Crippen LogP contribution >= 0.6 is 11.6 Å². The average molecular weight is 325 g/mol. The highest BCUT2D eigenvalue weighted by atomic mass is 35.5. The molecule has 0 bridgehead atoms. The first-order valence-electron chi connectivity index (χ1n) is 6.40. The van der Waals surface area contributed by atoms with Crippen molar-refractivity contribution in [2.45, 2.75) is 25.3 Å². The molecule has 0 radical (unpaired) electrons. The topological polar surface area (TPSA) is 72.2 Å². The number of aryl methyl sites for hydroxylation is 2. The van der Waals surface area contributed by atoms with E-state index in [0.29, 0.717) is 17.3 Å². The number of primary sulfonamides is 1. The van der Waals surface area contributed by atoms with E-state index in [2.05, 4.69) is 11.4 Å². The zero-order chi connectivity index (χ0) is 15.6. The van der Waals surface area contributed by atoms with Gasteiger partial charge in [-0.1, -0.05) is 35.4 Å². The molecular formula is C15H17ClN2O2S. The number of rotatable bonds is 4. The Morgan fingerprint density at radius 3 is 2.48 bits per heavy atom. The van der Waals surface area contributed by atoms with Crippen molar-refractivity contribution in [1.82, 2.24) is 0 Å². The number of hydrogen-bond donors (Lipinski definition) is 2. The lowest BCUT2D eigenvalue weighted by atomic mass is 10.1. The highest BCUT2D eigenvalue weighted by Gasteiger charge is 2.11. The summed E-state index contributed by atoms with van der Waals surface area (Å²) in [5, 5.41) is 8.73. The van der Waals surface area contributed by atoms with E-state index in [1.807, 2.05) is 26.0 Å². The molecule has 0 unspecified atom stereocenters. The molecular weight excluding hydrogens is 308 g/mol. The SMILES string of the molecule is Cc1ccc(CNc2cc(S(N)(=O)=O)ccc2Cl)c(C)c1. The minimum absolute atomic E-state index is 0.0371. The second kappa shape index (κ2) is 6.05. The number of nitrogens with two attached hydrogens (primary N) is 1. The summed E-state index contributed by atoms with van der Waals surface area (Å²) in [7, 11) is -3.74. The van der Waals surface area contributed by atoms with Crippen molar-refractivity contribution < 1.29 is 8.42 Å². The van der Waals surface area contributed by atoms with E-state index in [-0.39, 0.29) is 4.90 Å². The first-order valence-corrected chi connectivity index (χ1v) is 8.32. The zero-order valence-electron chi connectivity index (χ0n) is 11.9. The summed E-state index contributed by atoms with van der Waals surface area (Å²) in [6, 6.07) is 10.5. The minimum atomic E-state index is -3.74. The van der Waals surface area contributed by atoms with Crippen LogP contribution in [0.25, 0.3) is 0 Å². The van der Waals surface area contributed by atoms with E-state index in [4.69, 9.17) is 16.7 Å². The summed E-state index contributed by atoms with van der Waals surface area (Å²) in [6.07, 6.45) is 0. The highest BCUT2D eigenvalue weighted by Crippen LogP contribution is 2.25. The van der Waals surface area contributed by atoms with E-state index in [0.717, 1.165) is 5.56 Å². The molecule has 0 aliphatic heterocycles. The summed E-state index contributed by atoms with van der Waals surface area (Å²) >= 11 is 6.08. The summed E-state index contributed by atoms with van der Waals surface area (Å²) in [5.41, 5.74) is 4.03. The molecule has 4 nitrogen and oxygen atoms in total. The molecule has 112 valence electrons. The third-order valence-electron chi connectivity index (χ3n) is 3.23. The minimum Gasteiger partial charge on any atom is -0.380 e. The van der Waals surface area contributed by atoms with Crippen molar-refractivity contribution in [3.63, 3.8) is 0 Å². The lowest BCUT2D eigenvalue weighted by Crippen LogP contribution is -2.12. The predicted octanol–water partition coefficient (Wildman–Crippen LogP) is 3.22. The quantitative estimate of drug-likeness (QED) is 0.907. The average Bonchev–Trinajstić information content (AvgIpc) is 2.38. The molecule has 0 aliphatic rings. The van der Waals surface area contributed by atoms with Crippen LogP contribution in [0.5, 0.6) is 0 Å². The Hall–Kier alpha value is -1.56. The van der Waals surface area contributed by atoms with E-state index >= 15 is 0 Å². The van der Waals surface area contributed by atoms with E-state index in [1.54, 1.807) is 0 Å². The van der Waals surface area contributed by atoms with Gasteiger partial charge in [0.25, 0.3) is 0 Å². The maximum absolute atomic E-state index is 11.4. The fourth-order valence-corrected chi connectivity index (χ4v) is 2.78. The second-order valence-electron chi connectivity index (χ2n) is 4.97. The summed E-state index contributed by atoms with van der Waals surface area (Å²) in [5.74, 6) is 0. The molecule has 2 aromatic carbocycles. The molecule has 0 saturated heterocycles. The monoisotopic (exact) mass is 324 g/mol. The van der Waals surface area contributed by atoms with Crippen LogP contribution in [-0.2, 0) is 16.6 Å². The Balaban J connectivity index is 2.23. The van der Waals surface area contributed by atoms with Gasteiger partial charge in [0.2, 0.25) is 10.0 Å².